The Morgan fingerprint density at radius 3 is 2.62 bits per heavy atom. The minimum Gasteiger partial charge on any atom is -0.496 e. The molecular weight excluding hydrogens is 539 g/mol. The number of rotatable bonds is 8. The molecule has 0 saturated heterocycles. The van der Waals surface area contributed by atoms with Crippen molar-refractivity contribution in [2.45, 2.75) is 44.7 Å². The van der Waals surface area contributed by atoms with Gasteiger partial charge in [-0.15, -0.1) is 0 Å². The van der Waals surface area contributed by atoms with Crippen LogP contribution in [0, 0.1) is 12.7 Å². The number of benzene rings is 3. The third-order valence-electron chi connectivity index (χ3n) is 6.69. The zero-order chi connectivity index (χ0) is 28.5. The van der Waals surface area contributed by atoms with Gasteiger partial charge in [-0.3, -0.25) is 4.31 Å². The topological polar surface area (TPSA) is 67.9 Å². The summed E-state index contributed by atoms with van der Waals surface area (Å²) in [6, 6.07) is 14.1. The van der Waals surface area contributed by atoms with Crippen LogP contribution in [0.25, 0.3) is 11.6 Å². The highest BCUT2D eigenvalue weighted by atomic mass is 35.5. The lowest BCUT2D eigenvalue weighted by atomic mass is 10.0. The van der Waals surface area contributed by atoms with Crippen LogP contribution < -0.4 is 19.1 Å². The summed E-state index contributed by atoms with van der Waals surface area (Å²) in [4.78, 5) is 0.103. The molecule has 1 aliphatic rings. The first-order valence-corrected chi connectivity index (χ1v) is 14.3. The Hall–Kier alpha value is -3.49. The molecule has 39 heavy (non-hydrogen) atoms. The van der Waals surface area contributed by atoms with E-state index in [1.807, 2.05) is 20.8 Å². The van der Waals surface area contributed by atoms with E-state index in [4.69, 9.17) is 21.1 Å². The van der Waals surface area contributed by atoms with E-state index in [1.165, 1.54) is 23.5 Å². The van der Waals surface area contributed by atoms with Gasteiger partial charge >= 0.3 is 0 Å². The van der Waals surface area contributed by atoms with Crippen molar-refractivity contribution >= 4 is 39.0 Å². The molecule has 0 radical (unpaired) electrons. The van der Waals surface area contributed by atoms with E-state index < -0.39 is 28.0 Å². The molecule has 0 aliphatic carbocycles. The average Bonchev–Trinajstić information content (AvgIpc) is 2.87. The average molecular weight is 571 g/mol. The number of ether oxygens (including phenoxy) is 2. The fourth-order valence-corrected chi connectivity index (χ4v) is 6.64. The smallest absolute Gasteiger partial charge is 0.264 e. The van der Waals surface area contributed by atoms with Crippen LogP contribution in [-0.2, 0) is 10.0 Å². The van der Waals surface area contributed by atoms with Crippen molar-refractivity contribution in [1.29, 1.82) is 0 Å². The van der Waals surface area contributed by atoms with Crippen LogP contribution in [0.2, 0.25) is 5.02 Å². The van der Waals surface area contributed by atoms with Crippen molar-refractivity contribution < 1.29 is 22.3 Å². The molecule has 6 nitrogen and oxygen atoms in total. The van der Waals surface area contributed by atoms with E-state index in [0.29, 0.717) is 45.5 Å². The second-order valence-electron chi connectivity index (χ2n) is 9.64. The Balaban J connectivity index is 1.84. The molecule has 3 aromatic carbocycles. The van der Waals surface area contributed by atoms with Gasteiger partial charge < -0.3 is 14.8 Å². The second-order valence-corrected chi connectivity index (χ2v) is 11.9. The molecule has 4 rings (SSSR count). The number of anilines is 1. The molecule has 1 N–H and O–H groups in total. The number of hydrogen-bond donors (Lipinski definition) is 1. The van der Waals surface area contributed by atoms with Crippen LogP contribution in [0.1, 0.15) is 37.5 Å². The number of nitrogens with zero attached hydrogens (tertiary/aromatic N) is 1. The van der Waals surface area contributed by atoms with E-state index in [2.05, 4.69) is 11.9 Å². The Kier molecular flexibility index (Phi) is 8.28. The molecule has 1 aliphatic heterocycles. The van der Waals surface area contributed by atoms with Crippen LogP contribution >= 0.6 is 11.6 Å². The lowest BCUT2D eigenvalue weighted by molar-refractivity contribution is 0.166. The predicted molar refractivity (Wildman–Crippen MR) is 155 cm³/mol. The molecule has 1 heterocycles. The maximum Gasteiger partial charge on any atom is 0.264 e. The van der Waals surface area contributed by atoms with E-state index >= 15 is 0 Å². The molecule has 0 unspecified atom stereocenters. The van der Waals surface area contributed by atoms with Crippen LogP contribution in [-0.4, -0.2) is 34.2 Å². The number of methoxy groups -OCH3 is 1. The van der Waals surface area contributed by atoms with Crippen molar-refractivity contribution in [3.05, 3.63) is 94.4 Å². The van der Waals surface area contributed by atoms with Gasteiger partial charge in [0.15, 0.2) is 0 Å². The van der Waals surface area contributed by atoms with Crippen molar-refractivity contribution in [2.75, 3.05) is 18.0 Å². The van der Waals surface area contributed by atoms with Crippen LogP contribution in [0.4, 0.5) is 10.1 Å². The Labute approximate surface area is 234 Å². The normalized spacial score (nSPS) is 17.3. The Morgan fingerprint density at radius 2 is 1.95 bits per heavy atom. The minimum atomic E-state index is -4.03. The largest absolute Gasteiger partial charge is 0.496 e. The summed E-state index contributed by atoms with van der Waals surface area (Å²) in [6.45, 7) is 11.5. The van der Waals surface area contributed by atoms with Crippen molar-refractivity contribution in [3.63, 3.8) is 0 Å². The number of sulfonamides is 1. The fourth-order valence-electron chi connectivity index (χ4n) is 4.63. The highest BCUT2D eigenvalue weighted by Gasteiger charge is 2.40. The maximum absolute atomic E-state index is 14.5. The summed E-state index contributed by atoms with van der Waals surface area (Å²) >= 11 is 6.27. The highest BCUT2D eigenvalue weighted by molar-refractivity contribution is 7.92. The lowest BCUT2D eigenvalue weighted by Crippen LogP contribution is -2.53. The quantitative estimate of drug-likeness (QED) is 0.301. The molecule has 0 aromatic heterocycles. The summed E-state index contributed by atoms with van der Waals surface area (Å²) in [5.41, 5.74) is 3.52. The molecule has 3 aromatic rings. The first-order chi connectivity index (χ1) is 18.4. The maximum atomic E-state index is 14.5. The zero-order valence-electron chi connectivity index (χ0n) is 22.6. The van der Waals surface area contributed by atoms with E-state index in [1.54, 1.807) is 55.5 Å². The summed E-state index contributed by atoms with van der Waals surface area (Å²) in [5.74, 6) is 0.464. The molecule has 0 amide bonds. The number of allylic oxidation sites excluding steroid dienone is 2. The molecule has 2 atom stereocenters. The highest BCUT2D eigenvalue weighted by Crippen LogP contribution is 2.42. The summed E-state index contributed by atoms with van der Waals surface area (Å²) in [7, 11) is -2.53. The second kappa shape index (κ2) is 11.3. The van der Waals surface area contributed by atoms with Gasteiger partial charge in [0.2, 0.25) is 0 Å². The minimum absolute atomic E-state index is 0.103. The van der Waals surface area contributed by atoms with Gasteiger partial charge in [-0.05, 0) is 74.7 Å². The third kappa shape index (κ3) is 5.77. The Bertz CT molecular complexity index is 1530. The van der Waals surface area contributed by atoms with E-state index in [9.17, 15) is 12.8 Å². The van der Waals surface area contributed by atoms with Gasteiger partial charge in [0.25, 0.3) is 10.0 Å². The Morgan fingerprint density at radius 1 is 1.21 bits per heavy atom. The molecule has 206 valence electrons. The number of fused-ring (bicyclic) bond motifs is 1. The third-order valence-corrected chi connectivity index (χ3v) is 8.90. The number of halogens is 2. The summed E-state index contributed by atoms with van der Waals surface area (Å²) < 4.78 is 55.9. The summed E-state index contributed by atoms with van der Waals surface area (Å²) in [5, 5.41) is 3.46. The monoisotopic (exact) mass is 570 g/mol. The predicted octanol–water partition coefficient (Wildman–Crippen LogP) is 6.82. The number of nitrogens with one attached hydrogen (secondary N) is 1. The zero-order valence-corrected chi connectivity index (χ0v) is 24.2. The fraction of sp³-hybridized carbons (Fsp3) is 0.267. The number of hydrogen-bond acceptors (Lipinski definition) is 5. The van der Waals surface area contributed by atoms with Gasteiger partial charge in [0.1, 0.15) is 23.4 Å². The first kappa shape index (κ1) is 28.5. The molecule has 0 fully saturated rings. The van der Waals surface area contributed by atoms with Crippen LogP contribution in [0.3, 0.4) is 0 Å². The SMILES string of the molecule is C=C(C)NC[C@@H]1Oc2ccc(/C=C(\C)c3c(F)cccc3Cl)cc2N(S(=O)(=O)c2ccc(C)c(OC)c2)[C@@H]1C. The van der Waals surface area contributed by atoms with Crippen molar-refractivity contribution in [3.8, 4) is 11.5 Å². The summed E-state index contributed by atoms with van der Waals surface area (Å²) in [6.07, 6.45) is 1.28. The van der Waals surface area contributed by atoms with Crippen LogP contribution in [0.15, 0.2) is 71.8 Å². The van der Waals surface area contributed by atoms with Gasteiger partial charge in [0.05, 0.1) is 35.3 Å². The van der Waals surface area contributed by atoms with Crippen molar-refractivity contribution in [1.82, 2.24) is 5.32 Å². The standard InChI is InChI=1S/C30H32ClFN2O4S/c1-18(2)33-17-29-21(5)34(39(35,36)23-12-10-19(3)28(16-23)37-6)26-15-22(11-13-27(26)38-29)14-20(4)30-24(31)8-7-9-25(30)32/h7-16,21,29,33H,1,17H2,2-6H3/b20-14+/t21-,29+/m1/s1. The van der Waals surface area contributed by atoms with Gasteiger partial charge in [-0.2, -0.15) is 0 Å². The molecule has 0 saturated carbocycles. The molecule has 0 bridgehead atoms. The molecular formula is C30H32ClFN2O4S. The van der Waals surface area contributed by atoms with Crippen molar-refractivity contribution in [2.24, 2.45) is 0 Å². The van der Waals surface area contributed by atoms with Gasteiger partial charge in [0, 0.05) is 17.3 Å². The van der Waals surface area contributed by atoms with E-state index in [-0.39, 0.29) is 4.90 Å². The molecule has 9 heteroatoms. The van der Waals surface area contributed by atoms with Gasteiger partial charge in [-0.25, -0.2) is 12.8 Å². The number of aryl methyl sites for hydroxylation is 1. The molecule has 0 spiro atoms. The first-order valence-electron chi connectivity index (χ1n) is 12.5. The lowest BCUT2D eigenvalue weighted by Gasteiger charge is -2.41. The van der Waals surface area contributed by atoms with Gasteiger partial charge in [-0.1, -0.05) is 42.5 Å². The van der Waals surface area contributed by atoms with E-state index in [0.717, 1.165) is 11.3 Å². The van der Waals surface area contributed by atoms with Crippen LogP contribution in [0.5, 0.6) is 11.5 Å².